The number of nitrogens with one attached hydrogen (secondary N) is 1. The zero-order valence-corrected chi connectivity index (χ0v) is 10.3. The Bertz CT molecular complexity index is 327. The number of carbonyl (C=O) groups excluding carboxylic acids is 2. The van der Waals surface area contributed by atoms with Gasteiger partial charge in [-0.3, -0.25) is 14.9 Å². The molecule has 0 heterocycles. The van der Waals surface area contributed by atoms with Gasteiger partial charge in [-0.2, -0.15) is 11.8 Å². The average molecular weight is 261 g/mol. The molecule has 1 saturated carbocycles. The summed E-state index contributed by atoms with van der Waals surface area (Å²) in [6.45, 7) is 0. The van der Waals surface area contributed by atoms with Crippen molar-refractivity contribution in [3.05, 3.63) is 0 Å². The van der Waals surface area contributed by atoms with Crippen molar-refractivity contribution in [2.75, 3.05) is 18.6 Å². The summed E-state index contributed by atoms with van der Waals surface area (Å²) in [5.41, 5.74) is -0.137. The molecule has 0 radical (unpaired) electrons. The molecule has 0 atom stereocenters. The highest BCUT2D eigenvalue weighted by Gasteiger charge is 2.44. The number of imide groups is 1. The Hall–Kier alpha value is -1.24. The second kappa shape index (κ2) is 5.90. The summed E-state index contributed by atoms with van der Waals surface area (Å²) in [5, 5.41) is 10.7. The van der Waals surface area contributed by atoms with Crippen LogP contribution in [0.2, 0.25) is 0 Å². The van der Waals surface area contributed by atoms with Crippen molar-refractivity contribution >= 4 is 29.7 Å². The van der Waals surface area contributed by atoms with Crippen molar-refractivity contribution in [1.82, 2.24) is 5.32 Å². The monoisotopic (exact) mass is 261 g/mol. The molecule has 0 aromatic carbocycles. The van der Waals surface area contributed by atoms with Crippen LogP contribution in [0, 0.1) is 5.41 Å². The number of thioether (sulfide) groups is 1. The summed E-state index contributed by atoms with van der Waals surface area (Å²) >= 11 is 1.34. The molecule has 0 spiro atoms. The third-order valence-corrected chi connectivity index (χ3v) is 3.83. The van der Waals surface area contributed by atoms with Gasteiger partial charge in [0.2, 0.25) is 5.91 Å². The van der Waals surface area contributed by atoms with Crippen molar-refractivity contribution in [2.45, 2.75) is 19.3 Å². The van der Waals surface area contributed by atoms with Crippen LogP contribution in [0.3, 0.4) is 0 Å². The third kappa shape index (κ3) is 5.08. The van der Waals surface area contributed by atoms with Gasteiger partial charge in [-0.25, -0.2) is 4.79 Å². The third-order valence-electron chi connectivity index (χ3n) is 2.55. The Morgan fingerprint density at radius 2 is 2.06 bits per heavy atom. The summed E-state index contributed by atoms with van der Waals surface area (Å²) in [7, 11) is 1.18. The van der Waals surface area contributed by atoms with Crippen molar-refractivity contribution in [2.24, 2.45) is 5.41 Å². The maximum Gasteiger partial charge on any atom is 0.413 e. The molecule has 2 amide bonds. The molecule has 0 bridgehead atoms. The highest BCUT2D eigenvalue weighted by molar-refractivity contribution is 8.00. The second-order valence-corrected chi connectivity index (χ2v) is 5.09. The number of carbonyl (C=O) groups is 3. The van der Waals surface area contributed by atoms with Gasteiger partial charge in [0, 0.05) is 0 Å². The van der Waals surface area contributed by atoms with Gasteiger partial charge in [0.15, 0.2) is 0 Å². The van der Waals surface area contributed by atoms with Crippen LogP contribution in [0.4, 0.5) is 4.79 Å². The molecule has 1 rings (SSSR count). The summed E-state index contributed by atoms with van der Waals surface area (Å²) < 4.78 is 4.28. The first-order valence-corrected chi connectivity index (χ1v) is 6.30. The number of hydrogen-bond donors (Lipinski definition) is 2. The molecule has 17 heavy (non-hydrogen) atoms. The fraction of sp³-hybridized carbons (Fsp3) is 0.700. The van der Waals surface area contributed by atoms with Crippen molar-refractivity contribution in [3.63, 3.8) is 0 Å². The zero-order valence-electron chi connectivity index (χ0n) is 9.52. The van der Waals surface area contributed by atoms with Gasteiger partial charge >= 0.3 is 12.1 Å². The normalized spacial score (nSPS) is 16.1. The van der Waals surface area contributed by atoms with E-state index in [9.17, 15) is 14.4 Å². The van der Waals surface area contributed by atoms with Crippen LogP contribution in [-0.2, 0) is 14.3 Å². The van der Waals surface area contributed by atoms with E-state index in [1.54, 1.807) is 0 Å². The van der Waals surface area contributed by atoms with Gasteiger partial charge in [0.05, 0.1) is 19.3 Å². The van der Waals surface area contributed by atoms with Crippen LogP contribution in [0.25, 0.3) is 0 Å². The molecule has 7 heteroatoms. The maximum absolute atomic E-state index is 11.2. The molecule has 0 aromatic rings. The van der Waals surface area contributed by atoms with Gasteiger partial charge in [-0.15, -0.1) is 0 Å². The molecule has 0 aliphatic heterocycles. The van der Waals surface area contributed by atoms with Gasteiger partial charge in [0.1, 0.15) is 0 Å². The summed E-state index contributed by atoms with van der Waals surface area (Å²) in [6, 6.07) is 0. The largest absolute Gasteiger partial charge is 0.481 e. The molecule has 6 nitrogen and oxygen atoms in total. The molecule has 0 saturated heterocycles. The second-order valence-electron chi connectivity index (χ2n) is 4.10. The number of aliphatic carboxylic acids is 1. The Kier molecular flexibility index (Phi) is 4.80. The Labute approximate surface area is 103 Å². The van der Waals surface area contributed by atoms with E-state index in [1.165, 1.54) is 18.9 Å². The fourth-order valence-electron chi connectivity index (χ4n) is 1.43. The smallest absolute Gasteiger partial charge is 0.413 e. The number of amides is 2. The number of carboxylic acids is 1. The average Bonchev–Trinajstić information content (AvgIpc) is 2.96. The van der Waals surface area contributed by atoms with Crippen LogP contribution in [0.15, 0.2) is 0 Å². The Morgan fingerprint density at radius 3 is 2.53 bits per heavy atom. The Balaban J connectivity index is 2.17. The van der Waals surface area contributed by atoms with E-state index in [0.717, 1.165) is 12.8 Å². The predicted molar refractivity (Wildman–Crippen MR) is 61.8 cm³/mol. The van der Waals surface area contributed by atoms with E-state index in [1.807, 2.05) is 5.32 Å². The van der Waals surface area contributed by atoms with E-state index in [-0.39, 0.29) is 17.6 Å². The molecule has 1 fully saturated rings. The molecule has 1 aliphatic rings. The standard InChI is InChI=1S/C10H15NO5S/c1-16-9(15)11-7(12)5-17-6-10(2-3-10)4-8(13)14/h2-6H2,1H3,(H,13,14)(H,11,12,15). The minimum Gasteiger partial charge on any atom is -0.481 e. The van der Waals surface area contributed by atoms with Gasteiger partial charge < -0.3 is 9.84 Å². The lowest BCUT2D eigenvalue weighted by atomic mass is 10.1. The van der Waals surface area contributed by atoms with Gasteiger partial charge in [-0.05, 0) is 24.0 Å². The van der Waals surface area contributed by atoms with E-state index in [2.05, 4.69) is 4.74 Å². The van der Waals surface area contributed by atoms with Crippen LogP contribution in [0.1, 0.15) is 19.3 Å². The van der Waals surface area contributed by atoms with Gasteiger partial charge in [0.25, 0.3) is 0 Å². The van der Waals surface area contributed by atoms with Gasteiger partial charge in [-0.1, -0.05) is 0 Å². The SMILES string of the molecule is COC(=O)NC(=O)CSCC1(CC(=O)O)CC1. The highest BCUT2D eigenvalue weighted by atomic mass is 32.2. The number of carboxylic acid groups (broad SMARTS) is 1. The lowest BCUT2D eigenvalue weighted by molar-refractivity contribution is -0.138. The molecule has 1 aliphatic carbocycles. The van der Waals surface area contributed by atoms with Crippen LogP contribution >= 0.6 is 11.8 Å². The number of rotatable bonds is 6. The number of ether oxygens (including phenoxy) is 1. The molecule has 0 aromatic heterocycles. The topological polar surface area (TPSA) is 92.7 Å². The van der Waals surface area contributed by atoms with Crippen LogP contribution in [-0.4, -0.2) is 41.7 Å². The molecular weight excluding hydrogens is 246 g/mol. The number of methoxy groups -OCH3 is 1. The summed E-state index contributed by atoms with van der Waals surface area (Å²) in [5.74, 6) is -0.459. The fourth-order valence-corrected chi connectivity index (χ4v) is 2.61. The van der Waals surface area contributed by atoms with Crippen LogP contribution in [0.5, 0.6) is 0 Å². The Morgan fingerprint density at radius 1 is 1.41 bits per heavy atom. The van der Waals surface area contributed by atoms with E-state index >= 15 is 0 Å². The van der Waals surface area contributed by atoms with Crippen molar-refractivity contribution in [3.8, 4) is 0 Å². The molecular formula is C10H15NO5S. The minimum atomic E-state index is -0.804. The van der Waals surface area contributed by atoms with E-state index < -0.39 is 18.0 Å². The predicted octanol–water partition coefficient (Wildman–Crippen LogP) is 0.857. The van der Waals surface area contributed by atoms with E-state index in [4.69, 9.17) is 5.11 Å². The number of alkyl carbamates (subject to hydrolysis) is 1. The molecule has 2 N–H and O–H groups in total. The van der Waals surface area contributed by atoms with Crippen molar-refractivity contribution in [1.29, 1.82) is 0 Å². The zero-order chi connectivity index (χ0) is 12.9. The maximum atomic E-state index is 11.2. The molecule has 96 valence electrons. The van der Waals surface area contributed by atoms with Crippen molar-refractivity contribution < 1.29 is 24.2 Å². The molecule has 0 unspecified atom stereocenters. The first-order valence-electron chi connectivity index (χ1n) is 5.15. The first kappa shape index (κ1) is 13.8. The quantitative estimate of drug-likeness (QED) is 0.736. The van der Waals surface area contributed by atoms with E-state index in [0.29, 0.717) is 5.75 Å². The minimum absolute atomic E-state index is 0.135. The number of hydrogen-bond acceptors (Lipinski definition) is 5. The lowest BCUT2D eigenvalue weighted by Gasteiger charge is -2.11. The first-order chi connectivity index (χ1) is 7.97. The highest BCUT2D eigenvalue weighted by Crippen LogP contribution is 2.50. The lowest BCUT2D eigenvalue weighted by Crippen LogP contribution is -2.31. The van der Waals surface area contributed by atoms with Crippen LogP contribution < -0.4 is 5.32 Å². The summed E-state index contributed by atoms with van der Waals surface area (Å²) in [4.78, 5) is 32.5. The summed E-state index contributed by atoms with van der Waals surface area (Å²) in [6.07, 6.45) is 1.16.